The van der Waals surface area contributed by atoms with Crippen molar-refractivity contribution in [3.63, 3.8) is 0 Å². The quantitative estimate of drug-likeness (QED) is 0.384. The molecule has 2 N–H and O–H groups in total. The van der Waals surface area contributed by atoms with E-state index in [0.29, 0.717) is 27.5 Å². The van der Waals surface area contributed by atoms with Crippen LogP contribution in [0.2, 0.25) is 5.02 Å². The van der Waals surface area contributed by atoms with Gasteiger partial charge in [-0.25, -0.2) is 5.43 Å². The number of pyridine rings is 1. The Morgan fingerprint density at radius 3 is 2.63 bits per heavy atom. The monoisotopic (exact) mass is 379 g/mol. The smallest absolute Gasteiger partial charge is 0.271 e. The summed E-state index contributed by atoms with van der Waals surface area (Å²) in [7, 11) is 0. The predicted molar refractivity (Wildman–Crippen MR) is 103 cm³/mol. The molecule has 0 aliphatic heterocycles. The van der Waals surface area contributed by atoms with E-state index in [9.17, 15) is 9.90 Å². The number of aromatic nitrogens is 1. The number of aromatic hydroxyl groups is 1. The number of carbonyl (C=O) groups excluding carboxylic acids is 1. The molecule has 0 aliphatic carbocycles. The molecule has 27 heavy (non-hydrogen) atoms. The van der Waals surface area contributed by atoms with Crippen LogP contribution in [0.25, 0.3) is 0 Å². The van der Waals surface area contributed by atoms with Crippen molar-refractivity contribution >= 4 is 35.1 Å². The van der Waals surface area contributed by atoms with Crippen molar-refractivity contribution in [2.24, 2.45) is 15.3 Å². The number of rotatable bonds is 5. The van der Waals surface area contributed by atoms with Crippen LogP contribution < -0.4 is 5.43 Å². The summed E-state index contributed by atoms with van der Waals surface area (Å²) in [6.07, 6.45) is 4.35. The third kappa shape index (κ3) is 4.96. The molecule has 3 aromatic rings. The molecule has 1 amide bonds. The summed E-state index contributed by atoms with van der Waals surface area (Å²) in [5.74, 6) is -0.392. The minimum atomic E-state index is -0.386. The highest BCUT2D eigenvalue weighted by molar-refractivity contribution is 6.32. The number of phenolic OH excluding ortho intramolecular Hbond substituents is 1. The number of carbonyl (C=O) groups is 1. The minimum Gasteiger partial charge on any atom is -0.507 e. The number of nitrogens with zero attached hydrogens (tertiary/aromatic N) is 4. The Hall–Kier alpha value is -3.58. The molecule has 0 fully saturated rings. The first-order valence-electron chi connectivity index (χ1n) is 7.86. The normalized spacial score (nSPS) is 11.1. The lowest BCUT2D eigenvalue weighted by Gasteiger charge is -2.01. The highest BCUT2D eigenvalue weighted by Crippen LogP contribution is 2.27. The zero-order chi connectivity index (χ0) is 19.1. The van der Waals surface area contributed by atoms with Gasteiger partial charge in [0.05, 0.1) is 16.9 Å². The highest BCUT2D eigenvalue weighted by atomic mass is 35.5. The molecule has 3 rings (SSSR count). The van der Waals surface area contributed by atoms with Crippen LogP contribution in [0.15, 0.2) is 82.3 Å². The van der Waals surface area contributed by atoms with Crippen LogP contribution in [0.3, 0.4) is 0 Å². The lowest BCUT2D eigenvalue weighted by atomic mass is 10.2. The molecule has 2 aromatic carbocycles. The van der Waals surface area contributed by atoms with Crippen molar-refractivity contribution in [1.29, 1.82) is 0 Å². The Kier molecular flexibility index (Phi) is 5.86. The molecular formula is C19H14ClN5O2. The van der Waals surface area contributed by atoms with E-state index in [1.807, 2.05) is 0 Å². The summed E-state index contributed by atoms with van der Waals surface area (Å²) in [6, 6.07) is 14.8. The molecule has 0 spiro atoms. The van der Waals surface area contributed by atoms with Gasteiger partial charge in [-0.05, 0) is 42.5 Å². The largest absolute Gasteiger partial charge is 0.507 e. The fourth-order valence-electron chi connectivity index (χ4n) is 2.08. The first-order valence-corrected chi connectivity index (χ1v) is 8.24. The summed E-state index contributed by atoms with van der Waals surface area (Å²) < 4.78 is 0. The minimum absolute atomic E-state index is 0.00592. The molecule has 134 valence electrons. The standard InChI is InChI=1S/C19H14ClN5O2/c20-16-3-1-2-4-17(16)24-23-15-5-6-18(26)14(11-15)12-22-25-19(27)13-7-9-21-10-8-13/h1-12,26H,(H,25,27)/b22-12-,24-23?. The van der Waals surface area contributed by atoms with Gasteiger partial charge in [-0.2, -0.15) is 10.2 Å². The molecule has 8 heteroatoms. The van der Waals surface area contributed by atoms with Gasteiger partial charge in [-0.3, -0.25) is 9.78 Å². The van der Waals surface area contributed by atoms with E-state index >= 15 is 0 Å². The number of hydrazone groups is 1. The van der Waals surface area contributed by atoms with Gasteiger partial charge in [-0.1, -0.05) is 23.7 Å². The van der Waals surface area contributed by atoms with Gasteiger partial charge < -0.3 is 5.11 Å². The number of phenols is 1. The van der Waals surface area contributed by atoms with E-state index < -0.39 is 0 Å². The number of hydrogen-bond acceptors (Lipinski definition) is 6. The Labute approximate surface area is 160 Å². The van der Waals surface area contributed by atoms with Crippen molar-refractivity contribution in [2.75, 3.05) is 0 Å². The van der Waals surface area contributed by atoms with E-state index in [4.69, 9.17) is 11.6 Å². The molecule has 0 unspecified atom stereocenters. The van der Waals surface area contributed by atoms with Crippen molar-refractivity contribution in [3.05, 3.63) is 83.1 Å². The van der Waals surface area contributed by atoms with Crippen LogP contribution in [-0.2, 0) is 0 Å². The summed E-state index contributed by atoms with van der Waals surface area (Å²) in [4.78, 5) is 15.8. The number of benzene rings is 2. The number of hydrogen-bond donors (Lipinski definition) is 2. The van der Waals surface area contributed by atoms with Crippen LogP contribution in [-0.4, -0.2) is 22.2 Å². The number of azo groups is 1. The second kappa shape index (κ2) is 8.68. The van der Waals surface area contributed by atoms with Gasteiger partial charge in [0.15, 0.2) is 0 Å². The molecule has 0 radical (unpaired) electrons. The van der Waals surface area contributed by atoms with Crippen molar-refractivity contribution in [2.45, 2.75) is 0 Å². The second-order valence-corrected chi connectivity index (χ2v) is 5.74. The van der Waals surface area contributed by atoms with Crippen LogP contribution >= 0.6 is 11.6 Å². The molecule has 0 bridgehead atoms. The maximum Gasteiger partial charge on any atom is 0.271 e. The van der Waals surface area contributed by atoms with E-state index in [1.165, 1.54) is 24.7 Å². The SMILES string of the molecule is O=C(N/N=C\c1cc(N=Nc2ccccc2Cl)ccc1O)c1ccncc1. The van der Waals surface area contributed by atoms with Gasteiger partial charge in [0.25, 0.3) is 5.91 Å². The van der Waals surface area contributed by atoms with Gasteiger partial charge >= 0.3 is 0 Å². The van der Waals surface area contributed by atoms with Gasteiger partial charge in [0, 0.05) is 23.5 Å². The third-order valence-electron chi connectivity index (χ3n) is 3.45. The first kappa shape index (κ1) is 18.2. The van der Waals surface area contributed by atoms with Crippen LogP contribution in [0.4, 0.5) is 11.4 Å². The van der Waals surface area contributed by atoms with Gasteiger partial charge in [-0.15, -0.1) is 5.11 Å². The number of nitrogens with one attached hydrogen (secondary N) is 1. The lowest BCUT2D eigenvalue weighted by molar-refractivity contribution is 0.0955. The molecular weight excluding hydrogens is 366 g/mol. The van der Waals surface area contributed by atoms with Crippen molar-refractivity contribution in [3.8, 4) is 5.75 Å². The van der Waals surface area contributed by atoms with E-state index in [-0.39, 0.29) is 11.7 Å². The van der Waals surface area contributed by atoms with Crippen LogP contribution in [0.1, 0.15) is 15.9 Å². The Bertz CT molecular complexity index is 1010. The topological polar surface area (TPSA) is 99.3 Å². The molecule has 0 atom stereocenters. The Morgan fingerprint density at radius 1 is 1.07 bits per heavy atom. The predicted octanol–water partition coefficient (Wildman–Crippen LogP) is 4.62. The second-order valence-electron chi connectivity index (χ2n) is 5.33. The van der Waals surface area contributed by atoms with Gasteiger partial charge in [0.2, 0.25) is 0 Å². The summed E-state index contributed by atoms with van der Waals surface area (Å²) in [5.41, 5.74) is 4.21. The van der Waals surface area contributed by atoms with Crippen LogP contribution in [0, 0.1) is 0 Å². The zero-order valence-corrected chi connectivity index (χ0v) is 14.7. The van der Waals surface area contributed by atoms with E-state index in [2.05, 4.69) is 25.7 Å². The van der Waals surface area contributed by atoms with Crippen molar-refractivity contribution < 1.29 is 9.90 Å². The molecule has 0 aliphatic rings. The third-order valence-corrected chi connectivity index (χ3v) is 3.77. The summed E-state index contributed by atoms with van der Waals surface area (Å²) in [6.45, 7) is 0. The molecule has 0 saturated carbocycles. The number of amides is 1. The molecule has 7 nitrogen and oxygen atoms in total. The summed E-state index contributed by atoms with van der Waals surface area (Å²) >= 11 is 6.04. The average Bonchev–Trinajstić information content (AvgIpc) is 2.70. The first-order chi connectivity index (χ1) is 13.1. The van der Waals surface area contributed by atoms with E-state index in [0.717, 1.165) is 0 Å². The van der Waals surface area contributed by atoms with Crippen molar-refractivity contribution in [1.82, 2.24) is 10.4 Å². The summed E-state index contributed by atoms with van der Waals surface area (Å²) in [5, 5.41) is 22.5. The van der Waals surface area contributed by atoms with Crippen LogP contribution in [0.5, 0.6) is 5.75 Å². The molecule has 1 aromatic heterocycles. The fourth-order valence-corrected chi connectivity index (χ4v) is 2.25. The molecule has 1 heterocycles. The highest BCUT2D eigenvalue weighted by Gasteiger charge is 2.04. The van der Waals surface area contributed by atoms with Gasteiger partial charge in [0.1, 0.15) is 11.4 Å². The maximum atomic E-state index is 11.9. The zero-order valence-electron chi connectivity index (χ0n) is 14.0. The van der Waals surface area contributed by atoms with E-state index in [1.54, 1.807) is 48.5 Å². The Morgan fingerprint density at radius 2 is 1.85 bits per heavy atom. The Balaban J connectivity index is 1.72. The fraction of sp³-hybridized carbons (Fsp3) is 0. The lowest BCUT2D eigenvalue weighted by Crippen LogP contribution is -2.17. The number of halogens is 1. The maximum absolute atomic E-state index is 11.9. The average molecular weight is 380 g/mol. The molecule has 0 saturated heterocycles.